The van der Waals surface area contributed by atoms with Gasteiger partial charge in [-0.25, -0.2) is 0 Å². The maximum Gasteiger partial charge on any atom is 0.417 e. The monoisotopic (exact) mass is 284 g/mol. The average molecular weight is 284 g/mol. The Kier molecular flexibility index (Phi) is 4.30. The number of benzene rings is 1. The van der Waals surface area contributed by atoms with Crippen LogP contribution in [0.1, 0.15) is 30.2 Å². The van der Waals surface area contributed by atoms with Crippen molar-refractivity contribution in [2.45, 2.75) is 32.4 Å². The molecule has 102 valence electrons. The number of aryl methyl sites for hydroxylation is 1. The van der Waals surface area contributed by atoms with Crippen molar-refractivity contribution < 1.29 is 13.2 Å². The highest BCUT2D eigenvalue weighted by molar-refractivity contribution is 7.15. The Morgan fingerprint density at radius 3 is 2.47 bits per heavy atom. The summed E-state index contributed by atoms with van der Waals surface area (Å²) in [6.07, 6.45) is -1.20. The highest BCUT2D eigenvalue weighted by atomic mass is 32.1. The SMILES string of the molecule is CCCCc1ccc(-c2ccccc2C(F)(F)F)s1. The van der Waals surface area contributed by atoms with E-state index in [0.29, 0.717) is 4.88 Å². The molecule has 4 heteroatoms. The molecule has 2 rings (SSSR count). The van der Waals surface area contributed by atoms with Crippen molar-refractivity contribution in [1.82, 2.24) is 0 Å². The smallest absolute Gasteiger partial charge is 0.166 e. The van der Waals surface area contributed by atoms with Crippen LogP contribution < -0.4 is 0 Å². The van der Waals surface area contributed by atoms with Crippen molar-refractivity contribution in [3.8, 4) is 10.4 Å². The van der Waals surface area contributed by atoms with E-state index in [9.17, 15) is 13.2 Å². The lowest BCUT2D eigenvalue weighted by Crippen LogP contribution is -2.06. The van der Waals surface area contributed by atoms with Gasteiger partial charge in [0, 0.05) is 15.3 Å². The summed E-state index contributed by atoms with van der Waals surface area (Å²) in [6, 6.07) is 9.48. The normalized spacial score (nSPS) is 11.8. The molecule has 0 saturated carbocycles. The third-order valence-corrected chi connectivity index (χ3v) is 4.11. The molecule has 0 aliphatic heterocycles. The van der Waals surface area contributed by atoms with Crippen LogP contribution in [0.5, 0.6) is 0 Å². The Bertz CT molecular complexity index is 540. The predicted octanol–water partition coefficient (Wildman–Crippen LogP) is 5.78. The maximum atomic E-state index is 12.9. The largest absolute Gasteiger partial charge is 0.417 e. The molecule has 0 aliphatic carbocycles. The predicted molar refractivity (Wildman–Crippen MR) is 73.4 cm³/mol. The van der Waals surface area contributed by atoms with Crippen molar-refractivity contribution in [3.63, 3.8) is 0 Å². The van der Waals surface area contributed by atoms with E-state index in [1.165, 1.54) is 23.5 Å². The molecule has 0 N–H and O–H groups in total. The first-order chi connectivity index (χ1) is 9.02. The molecule has 1 aromatic heterocycles. The molecule has 0 nitrogen and oxygen atoms in total. The van der Waals surface area contributed by atoms with Crippen molar-refractivity contribution in [2.75, 3.05) is 0 Å². The highest BCUT2D eigenvalue weighted by Gasteiger charge is 2.33. The standard InChI is InChI=1S/C15H15F3S/c1-2-3-6-11-9-10-14(19-11)12-7-4-5-8-13(12)15(16,17)18/h4-5,7-10H,2-3,6H2,1H3. The number of hydrogen-bond donors (Lipinski definition) is 0. The Morgan fingerprint density at radius 1 is 1.05 bits per heavy atom. The van der Waals surface area contributed by atoms with E-state index in [-0.39, 0.29) is 5.56 Å². The van der Waals surface area contributed by atoms with E-state index in [0.717, 1.165) is 30.2 Å². The third-order valence-electron chi connectivity index (χ3n) is 2.94. The van der Waals surface area contributed by atoms with Gasteiger partial charge < -0.3 is 0 Å². The minimum Gasteiger partial charge on any atom is -0.166 e. The Labute approximate surface area is 114 Å². The third kappa shape index (κ3) is 3.38. The summed E-state index contributed by atoms with van der Waals surface area (Å²) < 4.78 is 38.8. The van der Waals surface area contributed by atoms with Gasteiger partial charge in [0.05, 0.1) is 5.56 Å². The van der Waals surface area contributed by atoms with Gasteiger partial charge in [-0.3, -0.25) is 0 Å². The van der Waals surface area contributed by atoms with E-state index >= 15 is 0 Å². The van der Waals surface area contributed by atoms with Crippen LogP contribution in [0.15, 0.2) is 36.4 Å². The molecule has 0 radical (unpaired) electrons. The lowest BCUT2D eigenvalue weighted by Gasteiger charge is -2.11. The number of hydrogen-bond acceptors (Lipinski definition) is 1. The van der Waals surface area contributed by atoms with Gasteiger partial charge in [0.1, 0.15) is 0 Å². The van der Waals surface area contributed by atoms with Gasteiger partial charge in [0.2, 0.25) is 0 Å². The van der Waals surface area contributed by atoms with Crippen LogP contribution in [-0.4, -0.2) is 0 Å². The molecule has 1 aromatic carbocycles. The molecular formula is C15H15F3S. The fraction of sp³-hybridized carbons (Fsp3) is 0.333. The van der Waals surface area contributed by atoms with Crippen molar-refractivity contribution in [2.24, 2.45) is 0 Å². The molecular weight excluding hydrogens is 269 g/mol. The van der Waals surface area contributed by atoms with Crippen LogP contribution in [0.4, 0.5) is 13.2 Å². The van der Waals surface area contributed by atoms with E-state index in [4.69, 9.17) is 0 Å². The molecule has 0 unspecified atom stereocenters. The summed E-state index contributed by atoms with van der Waals surface area (Å²) in [6.45, 7) is 2.10. The molecule has 0 spiro atoms. The van der Waals surface area contributed by atoms with E-state index < -0.39 is 11.7 Å². The van der Waals surface area contributed by atoms with E-state index in [1.54, 1.807) is 12.1 Å². The van der Waals surface area contributed by atoms with Crippen LogP contribution in [0, 0.1) is 0 Å². The highest BCUT2D eigenvalue weighted by Crippen LogP contribution is 2.39. The van der Waals surface area contributed by atoms with Gasteiger partial charge in [0.15, 0.2) is 0 Å². The van der Waals surface area contributed by atoms with Gasteiger partial charge in [0.25, 0.3) is 0 Å². The van der Waals surface area contributed by atoms with Gasteiger partial charge >= 0.3 is 6.18 Å². The number of thiophene rings is 1. The van der Waals surface area contributed by atoms with Gasteiger partial charge in [-0.2, -0.15) is 13.2 Å². The molecule has 19 heavy (non-hydrogen) atoms. The molecule has 0 aliphatic rings. The van der Waals surface area contributed by atoms with Gasteiger partial charge in [-0.05, 0) is 31.0 Å². The Hall–Kier alpha value is -1.29. The number of rotatable bonds is 4. The van der Waals surface area contributed by atoms with Crippen LogP contribution in [0.2, 0.25) is 0 Å². The van der Waals surface area contributed by atoms with Crippen LogP contribution in [-0.2, 0) is 12.6 Å². The second kappa shape index (κ2) is 5.78. The Balaban J connectivity index is 2.34. The lowest BCUT2D eigenvalue weighted by molar-refractivity contribution is -0.137. The zero-order valence-corrected chi connectivity index (χ0v) is 11.4. The summed E-state index contributed by atoms with van der Waals surface area (Å²) in [5, 5.41) is 0. The first-order valence-electron chi connectivity index (χ1n) is 6.27. The van der Waals surface area contributed by atoms with E-state index in [2.05, 4.69) is 6.92 Å². The van der Waals surface area contributed by atoms with Crippen molar-refractivity contribution >= 4 is 11.3 Å². The number of unbranched alkanes of at least 4 members (excludes halogenated alkanes) is 1. The molecule has 2 aromatic rings. The zero-order valence-electron chi connectivity index (χ0n) is 10.6. The second-order valence-electron chi connectivity index (χ2n) is 4.41. The first-order valence-corrected chi connectivity index (χ1v) is 7.09. The first kappa shape index (κ1) is 14.1. The van der Waals surface area contributed by atoms with Crippen molar-refractivity contribution in [3.05, 3.63) is 46.8 Å². The van der Waals surface area contributed by atoms with E-state index in [1.807, 2.05) is 6.07 Å². The summed E-state index contributed by atoms with van der Waals surface area (Å²) in [5.41, 5.74) is -0.276. The topological polar surface area (TPSA) is 0 Å². The molecule has 0 saturated heterocycles. The summed E-state index contributed by atoms with van der Waals surface area (Å²) >= 11 is 1.46. The Morgan fingerprint density at radius 2 is 1.79 bits per heavy atom. The molecule has 0 bridgehead atoms. The van der Waals surface area contributed by atoms with Gasteiger partial charge in [-0.1, -0.05) is 31.5 Å². The number of alkyl halides is 3. The van der Waals surface area contributed by atoms with Gasteiger partial charge in [-0.15, -0.1) is 11.3 Å². The van der Waals surface area contributed by atoms with Crippen LogP contribution in [0.3, 0.4) is 0 Å². The minimum absolute atomic E-state index is 0.280. The fourth-order valence-electron chi connectivity index (χ4n) is 1.95. The summed E-state index contributed by atoms with van der Waals surface area (Å²) in [4.78, 5) is 1.84. The summed E-state index contributed by atoms with van der Waals surface area (Å²) in [5.74, 6) is 0. The molecule has 0 fully saturated rings. The van der Waals surface area contributed by atoms with Crippen LogP contribution >= 0.6 is 11.3 Å². The maximum absolute atomic E-state index is 12.9. The molecule has 0 amide bonds. The summed E-state index contributed by atoms with van der Waals surface area (Å²) in [7, 11) is 0. The number of halogens is 3. The molecule has 1 heterocycles. The minimum atomic E-state index is -4.30. The fourth-order valence-corrected chi connectivity index (χ4v) is 3.04. The van der Waals surface area contributed by atoms with Crippen molar-refractivity contribution in [1.29, 1.82) is 0 Å². The molecule has 0 atom stereocenters. The second-order valence-corrected chi connectivity index (χ2v) is 5.58. The quantitative estimate of drug-likeness (QED) is 0.668. The van der Waals surface area contributed by atoms with Crippen LogP contribution in [0.25, 0.3) is 10.4 Å². The zero-order chi connectivity index (χ0) is 13.9. The lowest BCUT2D eigenvalue weighted by atomic mass is 10.1. The average Bonchev–Trinajstić information content (AvgIpc) is 2.84.